The Labute approximate surface area is 246 Å². The standard InChI is InChI=1S/C34H40N4O2S/c1-37-16-15-26-18-30(35-19-31(26)37)23-7-5-22(6-8-23)21-38(34(40)25-11-13-29(39)14-12-25)28-4-2-3-27(17-28)32-20-36-33(41-32)24-9-10-24/h2-4,15-20,22-25,29,39H,5-14,21H2,1H3. The second-order valence-electron chi connectivity index (χ2n) is 12.7. The highest BCUT2D eigenvalue weighted by atomic mass is 32.1. The van der Waals surface area contributed by atoms with E-state index in [0.29, 0.717) is 17.8 Å². The molecule has 0 saturated heterocycles. The van der Waals surface area contributed by atoms with Gasteiger partial charge in [-0.25, -0.2) is 4.98 Å². The van der Waals surface area contributed by atoms with Crippen LogP contribution in [0, 0.1) is 11.8 Å². The van der Waals surface area contributed by atoms with Gasteiger partial charge < -0.3 is 14.6 Å². The summed E-state index contributed by atoms with van der Waals surface area (Å²) in [5, 5.41) is 12.6. The molecule has 3 saturated carbocycles. The van der Waals surface area contributed by atoms with E-state index in [9.17, 15) is 9.90 Å². The molecule has 0 bridgehead atoms. The van der Waals surface area contributed by atoms with E-state index in [0.717, 1.165) is 69.2 Å². The summed E-state index contributed by atoms with van der Waals surface area (Å²) in [6, 6.07) is 13.0. The molecule has 1 aromatic carbocycles. The first kappa shape index (κ1) is 26.8. The fourth-order valence-corrected chi connectivity index (χ4v) is 8.02. The predicted octanol–water partition coefficient (Wildman–Crippen LogP) is 7.43. The Morgan fingerprint density at radius 1 is 0.951 bits per heavy atom. The maximum atomic E-state index is 14.1. The zero-order chi connectivity index (χ0) is 27.9. The minimum Gasteiger partial charge on any atom is -0.393 e. The van der Waals surface area contributed by atoms with Crippen molar-refractivity contribution >= 4 is 33.8 Å². The second-order valence-corrected chi connectivity index (χ2v) is 13.7. The highest BCUT2D eigenvalue weighted by Crippen LogP contribution is 2.44. The fraction of sp³-hybridized carbons (Fsp3) is 0.500. The molecule has 41 heavy (non-hydrogen) atoms. The highest BCUT2D eigenvalue weighted by molar-refractivity contribution is 7.15. The normalized spacial score (nSPS) is 24.9. The third-order valence-electron chi connectivity index (χ3n) is 9.70. The molecule has 0 radical (unpaired) electrons. The van der Waals surface area contributed by atoms with Crippen LogP contribution in [0.2, 0.25) is 0 Å². The van der Waals surface area contributed by atoms with Crippen LogP contribution in [-0.4, -0.2) is 38.2 Å². The fourth-order valence-electron chi connectivity index (χ4n) is 6.94. The summed E-state index contributed by atoms with van der Waals surface area (Å²) in [5.41, 5.74) is 4.53. The smallest absolute Gasteiger partial charge is 0.230 e. The lowest BCUT2D eigenvalue weighted by Crippen LogP contribution is -2.41. The molecule has 3 aromatic heterocycles. The molecule has 7 rings (SSSR count). The number of hydrogen-bond donors (Lipinski definition) is 1. The molecule has 3 fully saturated rings. The first-order valence-electron chi connectivity index (χ1n) is 15.5. The van der Waals surface area contributed by atoms with Crippen LogP contribution in [0.3, 0.4) is 0 Å². The summed E-state index contributed by atoms with van der Waals surface area (Å²) < 4.78 is 2.12. The van der Waals surface area contributed by atoms with E-state index in [-0.39, 0.29) is 17.9 Å². The molecule has 3 aliphatic carbocycles. The molecule has 1 amide bonds. The molecule has 0 spiro atoms. The van der Waals surface area contributed by atoms with Crippen LogP contribution in [0.25, 0.3) is 21.3 Å². The molecule has 0 aliphatic heterocycles. The summed E-state index contributed by atoms with van der Waals surface area (Å²) in [6.45, 7) is 0.759. The first-order valence-corrected chi connectivity index (χ1v) is 16.3. The number of nitrogens with zero attached hydrogens (tertiary/aromatic N) is 4. The van der Waals surface area contributed by atoms with Crippen molar-refractivity contribution in [2.45, 2.75) is 82.1 Å². The lowest BCUT2D eigenvalue weighted by molar-refractivity contribution is -0.124. The van der Waals surface area contributed by atoms with Gasteiger partial charge in [-0.3, -0.25) is 9.78 Å². The van der Waals surface area contributed by atoms with Gasteiger partial charge in [0.05, 0.1) is 27.7 Å². The summed E-state index contributed by atoms with van der Waals surface area (Å²) >= 11 is 1.80. The molecular formula is C34H40N4O2S. The second kappa shape index (κ2) is 11.3. The van der Waals surface area contributed by atoms with Crippen molar-refractivity contribution in [1.29, 1.82) is 0 Å². The maximum absolute atomic E-state index is 14.1. The minimum absolute atomic E-state index is 0.00920. The Balaban J connectivity index is 1.09. The summed E-state index contributed by atoms with van der Waals surface area (Å²) in [4.78, 5) is 26.9. The van der Waals surface area contributed by atoms with Crippen LogP contribution >= 0.6 is 11.3 Å². The minimum atomic E-state index is -0.262. The summed E-state index contributed by atoms with van der Waals surface area (Å²) in [6.07, 6.45) is 15.8. The monoisotopic (exact) mass is 568 g/mol. The summed E-state index contributed by atoms with van der Waals surface area (Å²) in [7, 11) is 2.07. The van der Waals surface area contributed by atoms with Gasteiger partial charge in [-0.15, -0.1) is 11.3 Å². The first-order chi connectivity index (χ1) is 20.0. The number of carbonyl (C=O) groups is 1. The lowest BCUT2D eigenvalue weighted by Gasteiger charge is -2.35. The molecule has 7 heteroatoms. The molecule has 0 atom stereocenters. The van der Waals surface area contributed by atoms with E-state index >= 15 is 0 Å². The largest absolute Gasteiger partial charge is 0.393 e. The average molecular weight is 569 g/mol. The number of thiazole rings is 1. The van der Waals surface area contributed by atoms with Crippen LogP contribution in [-0.2, 0) is 11.8 Å². The molecule has 1 N–H and O–H groups in total. The van der Waals surface area contributed by atoms with E-state index in [1.165, 1.54) is 39.3 Å². The van der Waals surface area contributed by atoms with E-state index in [2.05, 4.69) is 59.1 Å². The Morgan fingerprint density at radius 2 is 1.73 bits per heavy atom. The number of anilines is 1. The van der Waals surface area contributed by atoms with Gasteiger partial charge in [0.2, 0.25) is 5.91 Å². The van der Waals surface area contributed by atoms with Crippen LogP contribution < -0.4 is 4.90 Å². The maximum Gasteiger partial charge on any atom is 0.230 e. The molecule has 3 heterocycles. The van der Waals surface area contributed by atoms with E-state index in [1.807, 2.05) is 12.4 Å². The number of amides is 1. The molecule has 4 aromatic rings. The molecule has 214 valence electrons. The van der Waals surface area contributed by atoms with E-state index < -0.39 is 0 Å². The van der Waals surface area contributed by atoms with Crippen LogP contribution in [0.1, 0.15) is 86.7 Å². The van der Waals surface area contributed by atoms with Crippen molar-refractivity contribution in [3.63, 3.8) is 0 Å². The number of carbonyl (C=O) groups excluding carboxylic acids is 1. The third-order valence-corrected chi connectivity index (χ3v) is 10.9. The number of aromatic nitrogens is 3. The van der Waals surface area contributed by atoms with Gasteiger partial charge in [-0.2, -0.15) is 0 Å². The van der Waals surface area contributed by atoms with Gasteiger partial charge in [-0.05, 0) is 100.0 Å². The third kappa shape index (κ3) is 5.71. The number of hydrogen-bond acceptors (Lipinski definition) is 5. The zero-order valence-electron chi connectivity index (χ0n) is 23.9. The Hall–Kier alpha value is -3.03. The quantitative estimate of drug-likeness (QED) is 0.252. The van der Waals surface area contributed by atoms with Crippen molar-refractivity contribution in [3.8, 4) is 10.4 Å². The number of aliphatic hydroxyl groups is 1. The zero-order valence-corrected chi connectivity index (χ0v) is 24.7. The average Bonchev–Trinajstić information content (AvgIpc) is 3.62. The van der Waals surface area contributed by atoms with E-state index in [4.69, 9.17) is 9.97 Å². The predicted molar refractivity (Wildman–Crippen MR) is 165 cm³/mol. The van der Waals surface area contributed by atoms with Crippen LogP contribution in [0.5, 0.6) is 0 Å². The van der Waals surface area contributed by atoms with Gasteiger partial charge in [0.25, 0.3) is 0 Å². The van der Waals surface area contributed by atoms with Gasteiger partial charge >= 0.3 is 0 Å². The molecule has 3 aliphatic rings. The van der Waals surface area contributed by atoms with Crippen LogP contribution in [0.15, 0.2) is 55.0 Å². The molecule has 0 unspecified atom stereocenters. The van der Waals surface area contributed by atoms with Crippen molar-refractivity contribution in [2.24, 2.45) is 18.9 Å². The van der Waals surface area contributed by atoms with Crippen molar-refractivity contribution in [1.82, 2.24) is 14.5 Å². The number of benzene rings is 1. The number of aryl methyl sites for hydroxylation is 1. The van der Waals surface area contributed by atoms with Crippen LogP contribution in [0.4, 0.5) is 5.69 Å². The molecular weight excluding hydrogens is 528 g/mol. The number of aliphatic hydroxyl groups excluding tert-OH is 1. The Morgan fingerprint density at radius 3 is 2.51 bits per heavy atom. The topological polar surface area (TPSA) is 71.2 Å². The van der Waals surface area contributed by atoms with Crippen molar-refractivity contribution in [3.05, 3.63) is 65.7 Å². The van der Waals surface area contributed by atoms with Gasteiger partial charge in [0, 0.05) is 60.5 Å². The van der Waals surface area contributed by atoms with Crippen molar-refractivity contribution in [2.75, 3.05) is 11.4 Å². The van der Waals surface area contributed by atoms with Gasteiger partial charge in [-0.1, -0.05) is 12.1 Å². The van der Waals surface area contributed by atoms with Gasteiger partial charge in [0.1, 0.15) is 0 Å². The van der Waals surface area contributed by atoms with Gasteiger partial charge in [0.15, 0.2) is 0 Å². The number of rotatable bonds is 7. The number of fused-ring (bicyclic) bond motifs is 1. The van der Waals surface area contributed by atoms with E-state index in [1.54, 1.807) is 11.3 Å². The SMILES string of the molecule is Cn1ccc2cc(C3CCC(CN(C(=O)C4CCC(O)CC4)c4cccc(-c5cnc(C6CC6)s5)c4)CC3)ncc21. The molecule has 6 nitrogen and oxygen atoms in total. The lowest BCUT2D eigenvalue weighted by atomic mass is 9.79. The Kier molecular flexibility index (Phi) is 7.42. The summed E-state index contributed by atoms with van der Waals surface area (Å²) in [5.74, 6) is 1.82. The Bertz CT molecular complexity index is 1520. The highest BCUT2D eigenvalue weighted by Gasteiger charge is 2.33. The number of pyridine rings is 1. The van der Waals surface area contributed by atoms with Crippen molar-refractivity contribution < 1.29 is 9.90 Å².